The lowest BCUT2D eigenvalue weighted by Gasteiger charge is -2.27. The van der Waals surface area contributed by atoms with Crippen molar-refractivity contribution in [3.8, 4) is 6.07 Å². The molecule has 0 aliphatic heterocycles. The van der Waals surface area contributed by atoms with Crippen molar-refractivity contribution in [2.45, 2.75) is 50.4 Å². The second kappa shape index (κ2) is 5.89. The molecule has 6 heteroatoms. The van der Waals surface area contributed by atoms with Crippen LogP contribution in [0.3, 0.4) is 0 Å². The van der Waals surface area contributed by atoms with Crippen LogP contribution in [0.1, 0.15) is 32.6 Å². The first kappa shape index (κ1) is 15.3. The summed E-state index contributed by atoms with van der Waals surface area (Å²) in [6.07, 6.45) is -2.82. The molecule has 0 amide bonds. The van der Waals surface area contributed by atoms with Crippen LogP contribution in [0.4, 0.5) is 13.2 Å². The highest BCUT2D eigenvalue weighted by Gasteiger charge is 2.40. The minimum Gasteiger partial charge on any atom is -0.303 e. The monoisotopic (exact) mass is 263 g/mol. The summed E-state index contributed by atoms with van der Waals surface area (Å²) in [5, 5.41) is 12.4. The van der Waals surface area contributed by atoms with E-state index in [9.17, 15) is 18.4 Å². The summed E-state index contributed by atoms with van der Waals surface area (Å²) in [6.45, 7) is 2.63. The SMILES string of the molecule is CCNC1(C#N)CCC(N(C)CCC(F)(F)F)C1. The van der Waals surface area contributed by atoms with Gasteiger partial charge in [-0.15, -0.1) is 0 Å². The molecule has 18 heavy (non-hydrogen) atoms. The maximum Gasteiger partial charge on any atom is 0.390 e. The van der Waals surface area contributed by atoms with Gasteiger partial charge in [0.05, 0.1) is 12.5 Å². The van der Waals surface area contributed by atoms with Crippen LogP contribution in [-0.2, 0) is 0 Å². The first-order valence-corrected chi connectivity index (χ1v) is 6.25. The highest BCUT2D eigenvalue weighted by Crippen LogP contribution is 2.32. The predicted molar refractivity (Wildman–Crippen MR) is 63.0 cm³/mol. The molecule has 0 spiro atoms. The van der Waals surface area contributed by atoms with Crippen LogP contribution >= 0.6 is 0 Å². The van der Waals surface area contributed by atoms with Crippen LogP contribution in [0.15, 0.2) is 0 Å². The lowest BCUT2D eigenvalue weighted by Crippen LogP contribution is -2.43. The van der Waals surface area contributed by atoms with E-state index in [-0.39, 0.29) is 12.6 Å². The fourth-order valence-corrected chi connectivity index (χ4v) is 2.52. The molecule has 3 nitrogen and oxygen atoms in total. The van der Waals surface area contributed by atoms with Crippen molar-refractivity contribution in [2.75, 3.05) is 20.1 Å². The molecule has 1 saturated carbocycles. The Kier molecular flexibility index (Phi) is 5.00. The van der Waals surface area contributed by atoms with Gasteiger partial charge >= 0.3 is 6.18 Å². The summed E-state index contributed by atoms with van der Waals surface area (Å²) in [5.74, 6) is 0. The van der Waals surface area contributed by atoms with E-state index in [0.29, 0.717) is 19.4 Å². The molecule has 0 aromatic heterocycles. The van der Waals surface area contributed by atoms with Gasteiger partial charge in [0.1, 0.15) is 5.54 Å². The van der Waals surface area contributed by atoms with Gasteiger partial charge in [-0.05, 0) is 32.9 Å². The Hall–Kier alpha value is -0.800. The van der Waals surface area contributed by atoms with Crippen molar-refractivity contribution in [3.63, 3.8) is 0 Å². The number of nitriles is 1. The maximum atomic E-state index is 12.2. The van der Waals surface area contributed by atoms with E-state index in [1.54, 1.807) is 11.9 Å². The van der Waals surface area contributed by atoms with E-state index in [1.165, 1.54) is 0 Å². The Morgan fingerprint density at radius 3 is 2.67 bits per heavy atom. The summed E-state index contributed by atoms with van der Waals surface area (Å²) < 4.78 is 36.5. The number of nitrogens with one attached hydrogen (secondary N) is 1. The lowest BCUT2D eigenvalue weighted by molar-refractivity contribution is -0.138. The van der Waals surface area contributed by atoms with Gasteiger partial charge in [-0.1, -0.05) is 6.92 Å². The van der Waals surface area contributed by atoms with Crippen LogP contribution in [-0.4, -0.2) is 42.8 Å². The zero-order valence-electron chi connectivity index (χ0n) is 10.8. The summed E-state index contributed by atoms with van der Waals surface area (Å²) in [7, 11) is 1.70. The third-order valence-electron chi connectivity index (χ3n) is 3.59. The molecule has 2 atom stereocenters. The molecule has 0 aromatic carbocycles. The van der Waals surface area contributed by atoms with Gasteiger partial charge < -0.3 is 4.90 Å². The molecule has 104 valence electrons. The van der Waals surface area contributed by atoms with Crippen molar-refractivity contribution < 1.29 is 13.2 Å². The van der Waals surface area contributed by atoms with Crippen LogP contribution in [0.25, 0.3) is 0 Å². The Labute approximate surface area is 106 Å². The molecule has 1 aliphatic carbocycles. The Bertz CT molecular complexity index is 311. The largest absolute Gasteiger partial charge is 0.390 e. The van der Waals surface area contributed by atoms with Crippen LogP contribution in [0.2, 0.25) is 0 Å². The normalized spacial score (nSPS) is 28.6. The second-order valence-corrected chi connectivity index (χ2v) is 4.97. The van der Waals surface area contributed by atoms with E-state index in [2.05, 4.69) is 11.4 Å². The van der Waals surface area contributed by atoms with Gasteiger partial charge in [-0.2, -0.15) is 18.4 Å². The molecular formula is C12H20F3N3. The minimum absolute atomic E-state index is 0.00179. The Balaban J connectivity index is 2.48. The van der Waals surface area contributed by atoms with E-state index < -0.39 is 18.1 Å². The standard InChI is InChI=1S/C12H20F3N3/c1-3-17-11(9-16)5-4-10(8-11)18(2)7-6-12(13,14)15/h10,17H,3-8H2,1-2H3. The molecule has 1 rings (SSSR count). The van der Waals surface area contributed by atoms with E-state index in [0.717, 1.165) is 6.42 Å². The zero-order valence-corrected chi connectivity index (χ0v) is 10.8. The van der Waals surface area contributed by atoms with Gasteiger partial charge in [0.15, 0.2) is 0 Å². The molecule has 0 saturated heterocycles. The highest BCUT2D eigenvalue weighted by molar-refractivity contribution is 5.13. The number of rotatable bonds is 5. The van der Waals surface area contributed by atoms with Gasteiger partial charge in [0.25, 0.3) is 0 Å². The van der Waals surface area contributed by atoms with Gasteiger partial charge in [0, 0.05) is 12.6 Å². The molecule has 0 bridgehead atoms. The van der Waals surface area contributed by atoms with E-state index in [4.69, 9.17) is 0 Å². The average Bonchev–Trinajstić information content (AvgIpc) is 2.70. The second-order valence-electron chi connectivity index (χ2n) is 4.97. The fourth-order valence-electron chi connectivity index (χ4n) is 2.52. The highest BCUT2D eigenvalue weighted by atomic mass is 19.4. The van der Waals surface area contributed by atoms with Crippen molar-refractivity contribution in [3.05, 3.63) is 0 Å². The molecular weight excluding hydrogens is 243 g/mol. The van der Waals surface area contributed by atoms with Crippen molar-refractivity contribution >= 4 is 0 Å². The predicted octanol–water partition coefficient (Wildman–Crippen LogP) is 2.29. The molecule has 1 aliphatic rings. The average molecular weight is 263 g/mol. The number of alkyl halides is 3. The number of nitrogens with zero attached hydrogens (tertiary/aromatic N) is 2. The number of hydrogen-bond donors (Lipinski definition) is 1. The smallest absolute Gasteiger partial charge is 0.303 e. The molecule has 0 radical (unpaired) electrons. The minimum atomic E-state index is -4.11. The van der Waals surface area contributed by atoms with Gasteiger partial charge in [-0.25, -0.2) is 0 Å². The quantitative estimate of drug-likeness (QED) is 0.827. The maximum absolute atomic E-state index is 12.2. The summed E-state index contributed by atoms with van der Waals surface area (Å²) in [5.41, 5.74) is -0.550. The van der Waals surface area contributed by atoms with E-state index >= 15 is 0 Å². The first-order valence-electron chi connectivity index (χ1n) is 6.25. The third-order valence-corrected chi connectivity index (χ3v) is 3.59. The van der Waals surface area contributed by atoms with Crippen molar-refractivity contribution in [1.29, 1.82) is 5.26 Å². The molecule has 1 N–H and O–H groups in total. The summed E-state index contributed by atoms with van der Waals surface area (Å²) >= 11 is 0. The Morgan fingerprint density at radius 2 is 2.17 bits per heavy atom. The molecule has 0 heterocycles. The van der Waals surface area contributed by atoms with Crippen LogP contribution < -0.4 is 5.32 Å². The summed E-state index contributed by atoms with van der Waals surface area (Å²) in [4.78, 5) is 1.73. The van der Waals surface area contributed by atoms with Crippen molar-refractivity contribution in [2.24, 2.45) is 0 Å². The molecule has 2 unspecified atom stereocenters. The first-order chi connectivity index (χ1) is 8.32. The molecule has 1 fully saturated rings. The zero-order chi connectivity index (χ0) is 13.8. The van der Waals surface area contributed by atoms with E-state index in [1.807, 2.05) is 6.92 Å². The Morgan fingerprint density at radius 1 is 1.50 bits per heavy atom. The number of hydrogen-bond acceptors (Lipinski definition) is 3. The van der Waals surface area contributed by atoms with Crippen LogP contribution in [0.5, 0.6) is 0 Å². The van der Waals surface area contributed by atoms with Crippen LogP contribution in [0, 0.1) is 11.3 Å². The topological polar surface area (TPSA) is 39.1 Å². The number of halogens is 3. The fraction of sp³-hybridized carbons (Fsp3) is 0.917. The lowest BCUT2D eigenvalue weighted by atomic mass is 9.99. The third kappa shape index (κ3) is 4.14. The van der Waals surface area contributed by atoms with Gasteiger partial charge in [-0.3, -0.25) is 5.32 Å². The summed E-state index contributed by atoms with van der Waals surface area (Å²) in [6, 6.07) is 2.34. The van der Waals surface area contributed by atoms with Crippen molar-refractivity contribution in [1.82, 2.24) is 10.2 Å². The van der Waals surface area contributed by atoms with Gasteiger partial charge in [0.2, 0.25) is 0 Å². The molecule has 0 aromatic rings.